The van der Waals surface area contributed by atoms with Crippen LogP contribution in [-0.4, -0.2) is 26.2 Å². The van der Waals surface area contributed by atoms with Gasteiger partial charge in [0.1, 0.15) is 0 Å². The summed E-state index contributed by atoms with van der Waals surface area (Å²) in [5.74, 6) is -0.408. The number of anilines is 6. The molecule has 0 saturated carbocycles. The number of para-hydroxylation sites is 2. The van der Waals surface area contributed by atoms with E-state index in [0.717, 1.165) is 45.3 Å². The molecule has 0 N–H and O–H groups in total. The van der Waals surface area contributed by atoms with Gasteiger partial charge in [0, 0.05) is 88.4 Å². The maximum atomic E-state index is 12.0. The van der Waals surface area contributed by atoms with Crippen molar-refractivity contribution in [2.75, 3.05) is 24.0 Å². The molecule has 0 atom stereocenters. The summed E-state index contributed by atoms with van der Waals surface area (Å²) in [6.45, 7) is 18.4. The lowest BCUT2D eigenvalue weighted by atomic mass is 9.81. The summed E-state index contributed by atoms with van der Waals surface area (Å²) in [5.41, 5.74) is 30.8. The molecule has 10 aromatic carbocycles. The lowest BCUT2D eigenvalue weighted by Gasteiger charge is -2.28. The standard InChI is InChI=1S/C86H76N2O4S2/c1-53-21-37-67(55(3)45-53)73-51-79(93-83(73)59-29-39-69-71-41-35-65(49-77(71)85(5,6)75(69)47-59)87(61-17-13-11-14-18-61)63-31-23-57(24-32-63)27-43-81(89)91-9)80-52-74(68-38-22-54(2)46-56(68)4)84(94-80)60-30-40-70-72-42-36-66(50-78(72)86(7,8)76(70)48-60)88(62-19-15-12-16-20-62)64-33-25-58(26-34-64)28-44-82(90)92-10/h11-26,29-42,45-52H,27-28,43-44H2,1-10H3. The van der Waals surface area contributed by atoms with Crippen LogP contribution in [0.15, 0.2) is 231 Å². The molecule has 0 aliphatic heterocycles. The number of nitrogens with zero attached hydrogens (tertiary/aromatic N) is 2. The highest BCUT2D eigenvalue weighted by atomic mass is 32.1. The Bertz CT molecular complexity index is 4590. The van der Waals surface area contributed by atoms with Crippen LogP contribution in [0.25, 0.3) is 75.1 Å². The number of carbonyl (C=O) groups is 2. The third kappa shape index (κ3) is 11.4. The van der Waals surface area contributed by atoms with Crippen molar-refractivity contribution >= 4 is 68.7 Å². The molecule has 2 heterocycles. The Morgan fingerprint density at radius 1 is 0.351 bits per heavy atom. The number of fused-ring (bicyclic) bond motifs is 6. The van der Waals surface area contributed by atoms with Crippen LogP contribution in [0.2, 0.25) is 0 Å². The number of thiophene rings is 2. The quantitative estimate of drug-likeness (QED) is 0.0847. The van der Waals surface area contributed by atoms with Gasteiger partial charge in [-0.3, -0.25) is 9.59 Å². The van der Waals surface area contributed by atoms with E-state index in [1.165, 1.54) is 134 Å². The van der Waals surface area contributed by atoms with Crippen LogP contribution in [0.5, 0.6) is 0 Å². The first-order valence-electron chi connectivity index (χ1n) is 32.5. The van der Waals surface area contributed by atoms with Crippen molar-refractivity contribution in [3.8, 4) is 75.1 Å². The number of benzene rings is 10. The van der Waals surface area contributed by atoms with Gasteiger partial charge < -0.3 is 19.3 Å². The van der Waals surface area contributed by atoms with Crippen molar-refractivity contribution in [1.29, 1.82) is 0 Å². The molecule has 466 valence electrons. The zero-order valence-electron chi connectivity index (χ0n) is 55.1. The molecule has 0 saturated heterocycles. The maximum absolute atomic E-state index is 12.0. The van der Waals surface area contributed by atoms with Gasteiger partial charge in [0.05, 0.1) is 14.2 Å². The molecule has 2 aliphatic carbocycles. The Kier molecular flexibility index (Phi) is 16.3. The van der Waals surface area contributed by atoms with Gasteiger partial charge in [-0.05, 0) is 227 Å². The first kappa shape index (κ1) is 61.6. The van der Waals surface area contributed by atoms with Crippen LogP contribution >= 0.6 is 22.7 Å². The average Bonchev–Trinajstić information content (AvgIpc) is 1.57. The number of aryl methyl sites for hydroxylation is 6. The fourth-order valence-corrected chi connectivity index (χ4v) is 16.9. The number of ether oxygens (including phenoxy) is 2. The Morgan fingerprint density at radius 2 is 0.681 bits per heavy atom. The molecule has 6 nitrogen and oxygen atoms in total. The molecule has 0 fully saturated rings. The summed E-state index contributed by atoms with van der Waals surface area (Å²) in [4.78, 5) is 33.7. The number of esters is 2. The summed E-state index contributed by atoms with van der Waals surface area (Å²) >= 11 is 3.81. The highest BCUT2D eigenvalue weighted by Gasteiger charge is 2.39. The zero-order chi connectivity index (χ0) is 65.2. The monoisotopic (exact) mass is 1260 g/mol. The second-order valence-electron chi connectivity index (χ2n) is 26.4. The third-order valence-corrected chi connectivity index (χ3v) is 22.1. The van der Waals surface area contributed by atoms with Crippen LogP contribution in [-0.2, 0) is 42.7 Å². The lowest BCUT2D eigenvalue weighted by Crippen LogP contribution is -2.16. The molecule has 12 aromatic rings. The first-order valence-corrected chi connectivity index (χ1v) is 34.1. The number of methoxy groups -OCH3 is 2. The summed E-state index contributed by atoms with van der Waals surface area (Å²) in [6, 6.07) is 85.5. The van der Waals surface area contributed by atoms with E-state index in [2.05, 4.69) is 296 Å². The topological polar surface area (TPSA) is 59.1 Å². The summed E-state index contributed by atoms with van der Waals surface area (Å²) < 4.78 is 9.87. The zero-order valence-corrected chi connectivity index (χ0v) is 56.7. The Hall–Kier alpha value is -9.86. The fourth-order valence-electron chi connectivity index (χ4n) is 14.5. The van der Waals surface area contributed by atoms with Crippen molar-refractivity contribution < 1.29 is 19.1 Å². The highest BCUT2D eigenvalue weighted by Crippen LogP contribution is 2.57. The molecule has 2 aromatic heterocycles. The van der Waals surface area contributed by atoms with Gasteiger partial charge in [0.15, 0.2) is 0 Å². The van der Waals surface area contributed by atoms with Crippen LogP contribution in [0.4, 0.5) is 34.1 Å². The molecule has 94 heavy (non-hydrogen) atoms. The Labute approximate surface area is 561 Å². The van der Waals surface area contributed by atoms with Crippen LogP contribution < -0.4 is 9.80 Å². The number of hydrogen-bond donors (Lipinski definition) is 0. The van der Waals surface area contributed by atoms with Crippen LogP contribution in [0.3, 0.4) is 0 Å². The van der Waals surface area contributed by atoms with E-state index >= 15 is 0 Å². The minimum Gasteiger partial charge on any atom is -0.469 e. The van der Waals surface area contributed by atoms with Crippen molar-refractivity contribution in [1.82, 2.24) is 0 Å². The Morgan fingerprint density at radius 3 is 1.04 bits per heavy atom. The predicted molar refractivity (Wildman–Crippen MR) is 393 cm³/mol. The predicted octanol–water partition coefficient (Wildman–Crippen LogP) is 23.1. The molecule has 0 spiro atoms. The molecule has 8 heteroatoms. The first-order chi connectivity index (χ1) is 45.4. The number of carbonyl (C=O) groups excluding carboxylic acids is 2. The molecule has 0 bridgehead atoms. The van der Waals surface area contributed by atoms with Crippen molar-refractivity contribution in [3.05, 3.63) is 286 Å². The Balaban J connectivity index is 0.833. The van der Waals surface area contributed by atoms with E-state index in [1.54, 1.807) is 0 Å². The van der Waals surface area contributed by atoms with E-state index in [0.29, 0.717) is 25.7 Å². The van der Waals surface area contributed by atoms with Gasteiger partial charge in [-0.25, -0.2) is 0 Å². The van der Waals surface area contributed by atoms with Crippen LogP contribution in [0, 0.1) is 27.7 Å². The lowest BCUT2D eigenvalue weighted by molar-refractivity contribution is -0.141. The van der Waals surface area contributed by atoms with Crippen LogP contribution in [0.1, 0.15) is 96.2 Å². The average molecular weight is 1270 g/mol. The van der Waals surface area contributed by atoms with E-state index in [1.807, 2.05) is 22.7 Å². The van der Waals surface area contributed by atoms with Crippen molar-refractivity contribution in [2.24, 2.45) is 0 Å². The largest absolute Gasteiger partial charge is 0.469 e. The molecule has 0 radical (unpaired) electrons. The van der Waals surface area contributed by atoms with Gasteiger partial charge in [-0.15, -0.1) is 22.7 Å². The second-order valence-corrected chi connectivity index (χ2v) is 28.5. The SMILES string of the molecule is COC(=O)CCc1ccc(N(c2ccccc2)c2ccc3c(c2)C(C)(C)c2cc(-c4sc(-c5cc(-c6ccc(C)cc6C)c(-c6ccc7c(c6)C(C)(C)c6cc(N(c8ccccc8)c8ccc(CCC(=O)OC)cc8)ccc6-7)s5)cc4-c4ccc(C)cc4C)ccc2-3)cc1. The van der Waals surface area contributed by atoms with Gasteiger partial charge in [-0.1, -0.05) is 172 Å². The molecular formula is C86H76N2O4S2. The van der Waals surface area contributed by atoms with Gasteiger partial charge in [0.2, 0.25) is 0 Å². The smallest absolute Gasteiger partial charge is 0.305 e. The molecule has 0 unspecified atom stereocenters. The van der Waals surface area contributed by atoms with E-state index in [4.69, 9.17) is 9.47 Å². The molecular weight excluding hydrogens is 1190 g/mol. The molecule has 0 amide bonds. The van der Waals surface area contributed by atoms with E-state index in [9.17, 15) is 9.59 Å². The molecule has 14 rings (SSSR count). The van der Waals surface area contributed by atoms with Gasteiger partial charge in [-0.2, -0.15) is 0 Å². The van der Waals surface area contributed by atoms with Crippen molar-refractivity contribution in [3.63, 3.8) is 0 Å². The fraction of sp³-hybridized carbons (Fsp3) is 0.186. The number of rotatable bonds is 17. The minimum absolute atomic E-state index is 0.204. The van der Waals surface area contributed by atoms with Gasteiger partial charge in [0.25, 0.3) is 0 Å². The van der Waals surface area contributed by atoms with E-state index < -0.39 is 0 Å². The summed E-state index contributed by atoms with van der Waals surface area (Å²) in [5, 5.41) is 0. The normalized spacial score (nSPS) is 13.0. The summed E-state index contributed by atoms with van der Waals surface area (Å²) in [6.07, 6.45) is 1.94. The minimum atomic E-state index is -0.306. The maximum Gasteiger partial charge on any atom is 0.305 e. The number of hydrogen-bond acceptors (Lipinski definition) is 8. The van der Waals surface area contributed by atoms with Crippen molar-refractivity contribution in [2.45, 2.75) is 91.9 Å². The highest BCUT2D eigenvalue weighted by molar-refractivity contribution is 7.26. The van der Waals surface area contributed by atoms with Gasteiger partial charge >= 0.3 is 11.9 Å². The summed E-state index contributed by atoms with van der Waals surface area (Å²) in [7, 11) is 2.88. The second kappa shape index (κ2) is 24.9. The van der Waals surface area contributed by atoms with E-state index in [-0.39, 0.29) is 22.8 Å². The third-order valence-electron chi connectivity index (χ3n) is 19.5. The molecule has 2 aliphatic rings.